The van der Waals surface area contributed by atoms with Crippen molar-refractivity contribution in [2.24, 2.45) is 5.73 Å². The second kappa shape index (κ2) is 15.0. The molecule has 1 aliphatic rings. The molecule has 0 aromatic heterocycles. The molecule has 1 fully saturated rings. The maximum absolute atomic E-state index is 12.7. The van der Waals surface area contributed by atoms with Gasteiger partial charge in [-0.05, 0) is 30.5 Å². The normalized spacial score (nSPS) is 24.3. The molecule has 0 radical (unpaired) electrons. The third kappa shape index (κ3) is 8.40. The SMILES string of the molecule is COC1CC(OC(=O)CCCCCN)[C@@H](OCc2ccccc2)C(OC)C1OCc1ccccc1. The Labute approximate surface area is 208 Å². The van der Waals surface area contributed by atoms with Crippen molar-refractivity contribution in [1.82, 2.24) is 0 Å². The number of carbonyl (C=O) groups excluding carboxylic acids is 1. The van der Waals surface area contributed by atoms with Gasteiger partial charge in [0.25, 0.3) is 0 Å². The number of ether oxygens (including phenoxy) is 5. The third-order valence-corrected chi connectivity index (χ3v) is 6.36. The predicted octanol–water partition coefficient (Wildman–Crippen LogP) is 4.02. The summed E-state index contributed by atoms with van der Waals surface area (Å²) < 4.78 is 30.3. The van der Waals surface area contributed by atoms with E-state index in [0.717, 1.165) is 30.4 Å². The summed E-state index contributed by atoms with van der Waals surface area (Å²) >= 11 is 0. The molecule has 5 atom stereocenters. The Kier molecular flexibility index (Phi) is 11.7. The number of unbranched alkanes of at least 4 members (excludes halogenated alkanes) is 2. The number of hydrogen-bond acceptors (Lipinski definition) is 7. The van der Waals surface area contributed by atoms with Crippen LogP contribution in [0.25, 0.3) is 0 Å². The molecule has 7 heteroatoms. The zero-order valence-corrected chi connectivity index (χ0v) is 20.8. The van der Waals surface area contributed by atoms with Gasteiger partial charge in [0.1, 0.15) is 24.4 Å². The first-order valence-corrected chi connectivity index (χ1v) is 12.4. The van der Waals surface area contributed by atoms with Crippen LogP contribution in [-0.2, 0) is 41.7 Å². The van der Waals surface area contributed by atoms with Crippen molar-refractivity contribution in [2.45, 2.75) is 75.8 Å². The van der Waals surface area contributed by atoms with Gasteiger partial charge in [-0.1, -0.05) is 67.1 Å². The molecule has 35 heavy (non-hydrogen) atoms. The van der Waals surface area contributed by atoms with Crippen molar-refractivity contribution < 1.29 is 28.5 Å². The Hall–Kier alpha value is -2.29. The van der Waals surface area contributed by atoms with Crippen LogP contribution in [0.1, 0.15) is 43.2 Å². The number of benzene rings is 2. The van der Waals surface area contributed by atoms with Crippen LogP contribution < -0.4 is 5.73 Å². The van der Waals surface area contributed by atoms with E-state index >= 15 is 0 Å². The number of nitrogens with two attached hydrogens (primary N) is 1. The van der Waals surface area contributed by atoms with E-state index in [4.69, 9.17) is 29.4 Å². The van der Waals surface area contributed by atoms with Gasteiger partial charge in [0.2, 0.25) is 0 Å². The average Bonchev–Trinajstić information content (AvgIpc) is 2.90. The topological polar surface area (TPSA) is 89.2 Å². The second-order valence-electron chi connectivity index (χ2n) is 8.86. The summed E-state index contributed by atoms with van der Waals surface area (Å²) in [5, 5.41) is 0. The molecule has 2 aromatic carbocycles. The molecule has 2 aromatic rings. The lowest BCUT2D eigenvalue weighted by molar-refractivity contribution is -0.233. The van der Waals surface area contributed by atoms with Gasteiger partial charge < -0.3 is 29.4 Å². The second-order valence-corrected chi connectivity index (χ2v) is 8.86. The highest BCUT2D eigenvalue weighted by Gasteiger charge is 2.48. The van der Waals surface area contributed by atoms with Crippen LogP contribution >= 0.6 is 0 Å². The number of rotatable bonds is 14. The molecule has 0 saturated heterocycles. The lowest BCUT2D eigenvalue weighted by atomic mass is 9.86. The fourth-order valence-electron chi connectivity index (χ4n) is 4.48. The molecular formula is C28H39NO6. The molecule has 1 aliphatic carbocycles. The molecule has 3 rings (SSSR count). The largest absolute Gasteiger partial charge is 0.459 e. The van der Waals surface area contributed by atoms with Gasteiger partial charge in [0.15, 0.2) is 0 Å². The summed E-state index contributed by atoms with van der Waals surface area (Å²) in [5.41, 5.74) is 7.65. The van der Waals surface area contributed by atoms with Crippen LogP contribution in [0.3, 0.4) is 0 Å². The predicted molar refractivity (Wildman–Crippen MR) is 134 cm³/mol. The first kappa shape index (κ1) is 27.3. The van der Waals surface area contributed by atoms with E-state index in [9.17, 15) is 4.79 Å². The van der Waals surface area contributed by atoms with E-state index in [-0.39, 0.29) is 18.2 Å². The summed E-state index contributed by atoms with van der Waals surface area (Å²) in [4.78, 5) is 12.7. The molecule has 0 aliphatic heterocycles. The standard InChI is InChI=1S/C28H39NO6/c1-31-23-18-24(35-25(30)16-10-5-11-17-29)27(34-20-22-14-8-4-9-15-22)28(32-2)26(23)33-19-21-12-6-3-7-13-21/h3-4,6-9,12-15,23-24,26-28H,5,10-11,16-20,29H2,1-2H3/t23?,24?,26?,27-,28?/m1/s1. The number of esters is 1. The van der Waals surface area contributed by atoms with Gasteiger partial charge in [-0.25, -0.2) is 0 Å². The van der Waals surface area contributed by atoms with Crippen LogP contribution in [-0.4, -0.2) is 57.3 Å². The quantitative estimate of drug-likeness (QED) is 0.319. The van der Waals surface area contributed by atoms with Crippen LogP contribution in [0.2, 0.25) is 0 Å². The van der Waals surface area contributed by atoms with Crippen LogP contribution in [0.4, 0.5) is 0 Å². The van der Waals surface area contributed by atoms with Gasteiger partial charge in [-0.2, -0.15) is 0 Å². The Morgan fingerprint density at radius 1 is 0.771 bits per heavy atom. The highest BCUT2D eigenvalue weighted by molar-refractivity contribution is 5.69. The average molecular weight is 486 g/mol. The van der Waals surface area contributed by atoms with Crippen LogP contribution in [0.5, 0.6) is 0 Å². The van der Waals surface area contributed by atoms with Gasteiger partial charge >= 0.3 is 5.97 Å². The highest BCUT2D eigenvalue weighted by atomic mass is 16.6. The molecule has 1 saturated carbocycles. The Morgan fingerprint density at radius 3 is 1.86 bits per heavy atom. The Balaban J connectivity index is 1.73. The lowest BCUT2D eigenvalue weighted by Gasteiger charge is -2.44. The number of methoxy groups -OCH3 is 2. The summed E-state index contributed by atoms with van der Waals surface area (Å²) in [6.07, 6.45) is 1.19. The Morgan fingerprint density at radius 2 is 1.34 bits per heavy atom. The van der Waals surface area contributed by atoms with Crippen molar-refractivity contribution in [3.05, 3.63) is 71.8 Å². The highest BCUT2D eigenvalue weighted by Crippen LogP contribution is 2.32. The molecule has 0 spiro atoms. The zero-order valence-electron chi connectivity index (χ0n) is 20.8. The molecule has 0 amide bonds. The molecule has 0 bridgehead atoms. The van der Waals surface area contributed by atoms with E-state index in [2.05, 4.69) is 0 Å². The van der Waals surface area contributed by atoms with Gasteiger partial charge in [-0.15, -0.1) is 0 Å². The lowest BCUT2D eigenvalue weighted by Crippen LogP contribution is -2.59. The molecule has 7 nitrogen and oxygen atoms in total. The molecular weight excluding hydrogens is 446 g/mol. The summed E-state index contributed by atoms with van der Waals surface area (Å²) in [6, 6.07) is 19.9. The van der Waals surface area contributed by atoms with Crippen LogP contribution in [0, 0.1) is 0 Å². The smallest absolute Gasteiger partial charge is 0.306 e. The maximum Gasteiger partial charge on any atom is 0.306 e. The maximum atomic E-state index is 12.7. The van der Waals surface area contributed by atoms with Crippen molar-refractivity contribution in [2.75, 3.05) is 20.8 Å². The Bertz CT molecular complexity index is 849. The van der Waals surface area contributed by atoms with Crippen molar-refractivity contribution in [3.63, 3.8) is 0 Å². The zero-order chi connectivity index (χ0) is 24.9. The molecule has 192 valence electrons. The van der Waals surface area contributed by atoms with E-state index in [1.54, 1.807) is 14.2 Å². The minimum atomic E-state index is -0.507. The fraction of sp³-hybridized carbons (Fsp3) is 0.536. The van der Waals surface area contributed by atoms with Crippen molar-refractivity contribution >= 4 is 5.97 Å². The first-order valence-electron chi connectivity index (χ1n) is 12.4. The summed E-state index contributed by atoms with van der Waals surface area (Å²) in [7, 11) is 3.28. The van der Waals surface area contributed by atoms with E-state index in [1.165, 1.54) is 0 Å². The minimum Gasteiger partial charge on any atom is -0.459 e. The number of hydrogen-bond donors (Lipinski definition) is 1. The molecule has 2 N–H and O–H groups in total. The van der Waals surface area contributed by atoms with Gasteiger partial charge in [0, 0.05) is 27.1 Å². The van der Waals surface area contributed by atoms with Gasteiger partial charge in [0.05, 0.1) is 19.3 Å². The monoisotopic (exact) mass is 485 g/mol. The first-order chi connectivity index (χ1) is 17.2. The van der Waals surface area contributed by atoms with Crippen molar-refractivity contribution in [1.29, 1.82) is 0 Å². The van der Waals surface area contributed by atoms with Crippen molar-refractivity contribution in [3.8, 4) is 0 Å². The van der Waals surface area contributed by atoms with E-state index in [0.29, 0.717) is 32.6 Å². The van der Waals surface area contributed by atoms with Crippen LogP contribution in [0.15, 0.2) is 60.7 Å². The summed E-state index contributed by atoms with van der Waals surface area (Å²) in [5.74, 6) is -0.242. The fourth-order valence-corrected chi connectivity index (χ4v) is 4.48. The van der Waals surface area contributed by atoms with E-state index < -0.39 is 18.3 Å². The molecule has 4 unspecified atom stereocenters. The van der Waals surface area contributed by atoms with E-state index in [1.807, 2.05) is 60.7 Å². The van der Waals surface area contributed by atoms with Gasteiger partial charge in [-0.3, -0.25) is 4.79 Å². The number of carbonyl (C=O) groups is 1. The third-order valence-electron chi connectivity index (χ3n) is 6.36. The minimum absolute atomic E-state index is 0.242. The molecule has 0 heterocycles. The summed E-state index contributed by atoms with van der Waals surface area (Å²) in [6.45, 7) is 1.42.